The van der Waals surface area contributed by atoms with Crippen LogP contribution in [0.2, 0.25) is 0 Å². The molecule has 0 spiro atoms. The molecular formula is C21H34O4. The van der Waals surface area contributed by atoms with Crippen LogP contribution in [0.3, 0.4) is 0 Å². The highest BCUT2D eigenvalue weighted by atomic mass is 16.5. The molecule has 2 aliphatic rings. The van der Waals surface area contributed by atoms with Gasteiger partial charge in [-0.1, -0.05) is 32.1 Å². The maximum absolute atomic E-state index is 12.5. The second kappa shape index (κ2) is 7.63. The number of rotatable bonds is 6. The van der Waals surface area contributed by atoms with Crippen LogP contribution in [0.4, 0.5) is 0 Å². The molecule has 1 saturated carbocycles. The molecule has 1 fully saturated rings. The minimum Gasteiger partial charge on any atom is -0.469 e. The lowest BCUT2D eigenvalue weighted by Gasteiger charge is -2.53. The fraction of sp³-hybridized carbons (Fsp3) is 0.762. The molecule has 2 aliphatic carbocycles. The number of methoxy groups -OCH3 is 1. The number of hydrogen-bond acceptors (Lipinski definition) is 4. The van der Waals surface area contributed by atoms with Gasteiger partial charge in [0.15, 0.2) is 0 Å². The van der Waals surface area contributed by atoms with Crippen molar-refractivity contribution in [2.24, 2.45) is 22.7 Å². The van der Waals surface area contributed by atoms with E-state index in [4.69, 9.17) is 9.84 Å². The van der Waals surface area contributed by atoms with Gasteiger partial charge in [-0.3, -0.25) is 4.79 Å². The molecule has 142 valence electrons. The molecule has 0 amide bonds. The molecule has 2 N–H and O–H groups in total. The molecule has 5 atom stereocenters. The van der Waals surface area contributed by atoms with Crippen molar-refractivity contribution in [1.82, 2.24) is 0 Å². The average molecular weight is 350 g/mol. The van der Waals surface area contributed by atoms with Gasteiger partial charge in [0.1, 0.15) is 0 Å². The molecule has 0 aliphatic heterocycles. The van der Waals surface area contributed by atoms with E-state index in [2.05, 4.69) is 33.4 Å². The zero-order valence-electron chi connectivity index (χ0n) is 16.2. The Balaban J connectivity index is 2.27. The largest absolute Gasteiger partial charge is 0.469 e. The Labute approximate surface area is 152 Å². The van der Waals surface area contributed by atoms with Crippen LogP contribution >= 0.6 is 0 Å². The van der Waals surface area contributed by atoms with Gasteiger partial charge in [0.2, 0.25) is 0 Å². The Morgan fingerprint density at radius 3 is 2.72 bits per heavy atom. The zero-order chi connectivity index (χ0) is 18.8. The molecule has 4 nitrogen and oxygen atoms in total. The number of ether oxygens (including phenoxy) is 1. The highest BCUT2D eigenvalue weighted by molar-refractivity contribution is 5.77. The van der Waals surface area contributed by atoms with E-state index in [1.54, 1.807) is 0 Å². The summed E-state index contributed by atoms with van der Waals surface area (Å²) in [5.41, 5.74) is 1.61. The summed E-state index contributed by atoms with van der Waals surface area (Å²) >= 11 is 0. The molecule has 0 bridgehead atoms. The van der Waals surface area contributed by atoms with E-state index < -0.39 is 11.5 Å². The summed E-state index contributed by atoms with van der Waals surface area (Å²) in [6.07, 6.45) is 6.91. The van der Waals surface area contributed by atoms with Crippen LogP contribution in [-0.2, 0) is 9.53 Å². The van der Waals surface area contributed by atoms with Crippen LogP contribution in [0.1, 0.15) is 59.3 Å². The summed E-state index contributed by atoms with van der Waals surface area (Å²) in [5, 5.41) is 18.9. The summed E-state index contributed by atoms with van der Waals surface area (Å²) in [5.74, 6) is 0.639. The SMILES string of the molecule is C=C(CC[C@]1(C)C2=CCC[C@](C)(C(=O)OC)[C@@H]2CC[C@H]1C)[C@@H](O)CO. The quantitative estimate of drug-likeness (QED) is 0.567. The van der Waals surface area contributed by atoms with Gasteiger partial charge < -0.3 is 14.9 Å². The van der Waals surface area contributed by atoms with Crippen LogP contribution in [0.15, 0.2) is 23.8 Å². The van der Waals surface area contributed by atoms with E-state index in [0.717, 1.165) is 32.1 Å². The van der Waals surface area contributed by atoms with Gasteiger partial charge in [-0.25, -0.2) is 0 Å². The van der Waals surface area contributed by atoms with Gasteiger partial charge in [-0.05, 0) is 68.3 Å². The maximum atomic E-state index is 12.5. The minimum atomic E-state index is -0.848. The fourth-order valence-corrected chi connectivity index (χ4v) is 4.90. The number of esters is 1. The number of aliphatic hydroxyl groups excluding tert-OH is 2. The predicted molar refractivity (Wildman–Crippen MR) is 98.9 cm³/mol. The summed E-state index contributed by atoms with van der Waals surface area (Å²) in [6.45, 7) is 10.3. The Bertz CT molecular complexity index is 552. The van der Waals surface area contributed by atoms with E-state index in [1.807, 2.05) is 0 Å². The van der Waals surface area contributed by atoms with Gasteiger partial charge >= 0.3 is 5.97 Å². The molecule has 0 aromatic rings. The lowest BCUT2D eigenvalue weighted by molar-refractivity contribution is -0.156. The van der Waals surface area contributed by atoms with Crippen molar-refractivity contribution in [2.75, 3.05) is 13.7 Å². The van der Waals surface area contributed by atoms with Crippen molar-refractivity contribution < 1.29 is 19.7 Å². The summed E-state index contributed by atoms with van der Waals surface area (Å²) in [4.78, 5) is 12.5. The molecular weight excluding hydrogens is 316 g/mol. The highest BCUT2D eigenvalue weighted by Gasteiger charge is 2.52. The number of allylic oxidation sites excluding steroid dienone is 2. The Kier molecular flexibility index (Phi) is 6.16. The Morgan fingerprint density at radius 2 is 2.12 bits per heavy atom. The monoisotopic (exact) mass is 350 g/mol. The summed E-state index contributed by atoms with van der Waals surface area (Å²) in [6, 6.07) is 0. The first kappa shape index (κ1) is 20.2. The average Bonchev–Trinajstić information content (AvgIpc) is 2.61. The maximum Gasteiger partial charge on any atom is 0.312 e. The number of aliphatic hydroxyl groups is 2. The smallest absolute Gasteiger partial charge is 0.312 e. The number of fused-ring (bicyclic) bond motifs is 1. The predicted octanol–water partition coefficient (Wildman–Crippen LogP) is 3.63. The van der Waals surface area contributed by atoms with E-state index in [1.165, 1.54) is 12.7 Å². The zero-order valence-corrected chi connectivity index (χ0v) is 16.2. The first-order valence-electron chi connectivity index (χ1n) is 9.46. The van der Waals surface area contributed by atoms with Crippen LogP contribution in [0.25, 0.3) is 0 Å². The van der Waals surface area contributed by atoms with Crippen molar-refractivity contribution in [3.8, 4) is 0 Å². The second-order valence-corrected chi connectivity index (χ2v) is 8.41. The molecule has 2 rings (SSSR count). The van der Waals surface area contributed by atoms with E-state index in [9.17, 15) is 9.90 Å². The summed E-state index contributed by atoms with van der Waals surface area (Å²) in [7, 11) is 1.48. The molecule has 0 heterocycles. The van der Waals surface area contributed by atoms with Gasteiger partial charge in [-0.2, -0.15) is 0 Å². The normalized spacial score (nSPS) is 36.2. The molecule has 4 heteroatoms. The Hall–Kier alpha value is -1.13. The van der Waals surface area contributed by atoms with Crippen molar-refractivity contribution in [2.45, 2.75) is 65.4 Å². The van der Waals surface area contributed by atoms with Gasteiger partial charge in [0.25, 0.3) is 0 Å². The van der Waals surface area contributed by atoms with Gasteiger partial charge in [-0.15, -0.1) is 0 Å². The van der Waals surface area contributed by atoms with Crippen molar-refractivity contribution in [3.63, 3.8) is 0 Å². The van der Waals surface area contributed by atoms with Gasteiger partial charge in [0, 0.05) is 0 Å². The van der Waals surface area contributed by atoms with Crippen molar-refractivity contribution >= 4 is 5.97 Å². The molecule has 0 radical (unpaired) electrons. The third kappa shape index (κ3) is 3.56. The third-order valence-electron chi connectivity index (χ3n) is 7.07. The number of carbonyl (C=O) groups excluding carboxylic acids is 1. The first-order valence-corrected chi connectivity index (χ1v) is 9.46. The topological polar surface area (TPSA) is 66.8 Å². The molecule has 0 aromatic carbocycles. The van der Waals surface area contributed by atoms with Crippen LogP contribution < -0.4 is 0 Å². The standard InChI is InChI=1S/C21H34O4/c1-14(18(23)13-22)10-12-20(3)15(2)8-9-17-16(20)7-6-11-21(17,4)19(24)25-5/h7,15,17-18,22-23H,1,6,8-13H2,2-5H3/t15-,17-,18+,20+,21+/m1/s1. The van der Waals surface area contributed by atoms with E-state index in [-0.39, 0.29) is 23.9 Å². The van der Waals surface area contributed by atoms with Gasteiger partial charge in [0.05, 0.1) is 25.2 Å². The first-order chi connectivity index (χ1) is 11.7. The number of carbonyl (C=O) groups is 1. The van der Waals surface area contributed by atoms with E-state index in [0.29, 0.717) is 17.9 Å². The van der Waals surface area contributed by atoms with Crippen molar-refractivity contribution in [3.05, 3.63) is 23.8 Å². The number of hydrogen-bond donors (Lipinski definition) is 2. The van der Waals surface area contributed by atoms with Crippen LogP contribution in [0.5, 0.6) is 0 Å². The summed E-state index contributed by atoms with van der Waals surface area (Å²) < 4.78 is 5.14. The third-order valence-corrected chi connectivity index (χ3v) is 7.07. The van der Waals surface area contributed by atoms with E-state index >= 15 is 0 Å². The van der Waals surface area contributed by atoms with Crippen molar-refractivity contribution in [1.29, 1.82) is 0 Å². The van der Waals surface area contributed by atoms with Crippen LogP contribution in [-0.4, -0.2) is 36.0 Å². The van der Waals surface area contributed by atoms with Crippen LogP contribution in [0, 0.1) is 22.7 Å². The highest BCUT2D eigenvalue weighted by Crippen LogP contribution is 2.58. The molecule has 0 aromatic heterocycles. The minimum absolute atomic E-state index is 0.0171. The lowest BCUT2D eigenvalue weighted by Crippen LogP contribution is -2.47. The fourth-order valence-electron chi connectivity index (χ4n) is 4.90. The molecule has 0 unspecified atom stereocenters. The molecule has 0 saturated heterocycles. The Morgan fingerprint density at radius 1 is 1.44 bits per heavy atom. The second-order valence-electron chi connectivity index (χ2n) is 8.41. The molecule has 25 heavy (non-hydrogen) atoms. The lowest BCUT2D eigenvalue weighted by atomic mass is 9.51.